The molecule has 0 aromatic rings. The summed E-state index contributed by atoms with van der Waals surface area (Å²) < 4.78 is 5.32. The standard InChI is InChI=1S/C9H18O2/c1-6(2)8-4-7(3)11-5-9(8)10/h6-10H,4-5H2,1-3H3. The Hall–Kier alpha value is -0.0800. The van der Waals surface area contributed by atoms with E-state index in [1.54, 1.807) is 0 Å². The number of hydrogen-bond acceptors (Lipinski definition) is 2. The van der Waals surface area contributed by atoms with E-state index in [1.165, 1.54) is 0 Å². The maximum atomic E-state index is 9.53. The molecule has 0 aromatic heterocycles. The van der Waals surface area contributed by atoms with E-state index in [1.807, 2.05) is 0 Å². The Morgan fingerprint density at radius 2 is 2.09 bits per heavy atom. The summed E-state index contributed by atoms with van der Waals surface area (Å²) in [6.07, 6.45) is 1.08. The third kappa shape index (κ3) is 2.17. The number of ether oxygens (including phenoxy) is 1. The van der Waals surface area contributed by atoms with E-state index in [4.69, 9.17) is 4.74 Å². The van der Waals surface area contributed by atoms with Gasteiger partial charge in [0, 0.05) is 0 Å². The second-order valence-corrected chi connectivity index (χ2v) is 3.85. The predicted octanol–water partition coefficient (Wildman–Crippen LogP) is 1.43. The maximum Gasteiger partial charge on any atom is 0.0805 e. The quantitative estimate of drug-likeness (QED) is 0.625. The molecule has 1 rings (SSSR count). The van der Waals surface area contributed by atoms with Gasteiger partial charge in [-0.1, -0.05) is 13.8 Å². The largest absolute Gasteiger partial charge is 0.390 e. The predicted molar refractivity (Wildman–Crippen MR) is 44.4 cm³/mol. The van der Waals surface area contributed by atoms with Crippen molar-refractivity contribution >= 4 is 0 Å². The molecular formula is C9H18O2. The normalized spacial score (nSPS) is 39.5. The Balaban J connectivity index is 2.47. The molecule has 66 valence electrons. The van der Waals surface area contributed by atoms with Crippen molar-refractivity contribution in [3.05, 3.63) is 0 Å². The van der Waals surface area contributed by atoms with Crippen LogP contribution in [0.25, 0.3) is 0 Å². The van der Waals surface area contributed by atoms with Crippen molar-refractivity contribution in [3.63, 3.8) is 0 Å². The van der Waals surface area contributed by atoms with Crippen LogP contribution in [0.5, 0.6) is 0 Å². The van der Waals surface area contributed by atoms with Crippen molar-refractivity contribution in [2.75, 3.05) is 6.61 Å². The Kier molecular flexibility index (Phi) is 2.90. The zero-order valence-corrected chi connectivity index (χ0v) is 7.58. The summed E-state index contributed by atoms with van der Waals surface area (Å²) in [5.41, 5.74) is 0. The summed E-state index contributed by atoms with van der Waals surface area (Å²) in [6, 6.07) is 0. The molecule has 0 aromatic carbocycles. The van der Waals surface area contributed by atoms with Crippen LogP contribution >= 0.6 is 0 Å². The summed E-state index contributed by atoms with van der Waals surface area (Å²) >= 11 is 0. The van der Waals surface area contributed by atoms with Gasteiger partial charge in [-0.2, -0.15) is 0 Å². The fourth-order valence-electron chi connectivity index (χ4n) is 1.71. The highest BCUT2D eigenvalue weighted by Crippen LogP contribution is 2.26. The van der Waals surface area contributed by atoms with Crippen LogP contribution in [0.4, 0.5) is 0 Å². The third-order valence-electron chi connectivity index (χ3n) is 2.51. The van der Waals surface area contributed by atoms with Crippen LogP contribution in [0.15, 0.2) is 0 Å². The van der Waals surface area contributed by atoms with Gasteiger partial charge < -0.3 is 9.84 Å². The number of hydrogen-bond donors (Lipinski definition) is 1. The Labute approximate surface area is 68.6 Å². The average molecular weight is 158 g/mol. The molecule has 3 atom stereocenters. The number of aliphatic hydroxyl groups is 1. The SMILES string of the molecule is CC1CC(C(C)C)C(O)CO1. The summed E-state index contributed by atoms with van der Waals surface area (Å²) in [5.74, 6) is 0.995. The summed E-state index contributed by atoms with van der Waals surface area (Å²) in [4.78, 5) is 0. The molecule has 2 heteroatoms. The van der Waals surface area contributed by atoms with Gasteiger partial charge in [-0.25, -0.2) is 0 Å². The Morgan fingerprint density at radius 1 is 1.45 bits per heavy atom. The molecular weight excluding hydrogens is 140 g/mol. The summed E-state index contributed by atoms with van der Waals surface area (Å²) in [5, 5.41) is 9.53. The first-order valence-corrected chi connectivity index (χ1v) is 4.41. The van der Waals surface area contributed by atoms with Crippen molar-refractivity contribution in [1.82, 2.24) is 0 Å². The van der Waals surface area contributed by atoms with Crippen LogP contribution in [0, 0.1) is 11.8 Å². The van der Waals surface area contributed by atoms with Crippen LogP contribution in [0.2, 0.25) is 0 Å². The molecule has 1 aliphatic rings. The minimum absolute atomic E-state index is 0.244. The van der Waals surface area contributed by atoms with Gasteiger partial charge in [-0.3, -0.25) is 0 Å². The van der Waals surface area contributed by atoms with Gasteiger partial charge in [0.05, 0.1) is 18.8 Å². The minimum atomic E-state index is -0.244. The number of rotatable bonds is 1. The zero-order chi connectivity index (χ0) is 8.43. The summed E-state index contributed by atoms with van der Waals surface area (Å²) in [7, 11) is 0. The molecule has 0 radical (unpaired) electrons. The highest BCUT2D eigenvalue weighted by molar-refractivity contribution is 4.78. The van der Waals surface area contributed by atoms with Crippen molar-refractivity contribution < 1.29 is 9.84 Å². The van der Waals surface area contributed by atoms with Gasteiger partial charge in [0.25, 0.3) is 0 Å². The monoisotopic (exact) mass is 158 g/mol. The van der Waals surface area contributed by atoms with Crippen LogP contribution in [-0.4, -0.2) is 23.9 Å². The molecule has 2 nitrogen and oxygen atoms in total. The zero-order valence-electron chi connectivity index (χ0n) is 7.58. The Bertz CT molecular complexity index is 123. The minimum Gasteiger partial charge on any atom is -0.390 e. The molecule has 0 bridgehead atoms. The van der Waals surface area contributed by atoms with E-state index in [-0.39, 0.29) is 6.10 Å². The lowest BCUT2D eigenvalue weighted by Gasteiger charge is -2.34. The first-order valence-electron chi connectivity index (χ1n) is 4.41. The topological polar surface area (TPSA) is 29.5 Å². The van der Waals surface area contributed by atoms with Gasteiger partial charge in [-0.05, 0) is 25.2 Å². The van der Waals surface area contributed by atoms with E-state index in [0.29, 0.717) is 24.5 Å². The molecule has 0 amide bonds. The lowest BCUT2D eigenvalue weighted by Crippen LogP contribution is -2.38. The van der Waals surface area contributed by atoms with E-state index in [2.05, 4.69) is 20.8 Å². The van der Waals surface area contributed by atoms with Crippen molar-refractivity contribution in [3.8, 4) is 0 Å². The molecule has 0 aliphatic carbocycles. The first-order chi connectivity index (χ1) is 5.11. The van der Waals surface area contributed by atoms with Crippen LogP contribution in [-0.2, 0) is 4.74 Å². The van der Waals surface area contributed by atoms with Crippen molar-refractivity contribution in [2.24, 2.45) is 11.8 Å². The van der Waals surface area contributed by atoms with Gasteiger partial charge in [-0.15, -0.1) is 0 Å². The highest BCUT2D eigenvalue weighted by Gasteiger charge is 2.29. The molecule has 1 saturated heterocycles. The van der Waals surface area contributed by atoms with Gasteiger partial charge >= 0.3 is 0 Å². The lowest BCUT2D eigenvalue weighted by molar-refractivity contribution is -0.0925. The van der Waals surface area contributed by atoms with Crippen LogP contribution in [0.1, 0.15) is 27.2 Å². The molecule has 1 heterocycles. The molecule has 1 fully saturated rings. The van der Waals surface area contributed by atoms with E-state index < -0.39 is 0 Å². The van der Waals surface area contributed by atoms with E-state index in [9.17, 15) is 5.11 Å². The van der Waals surface area contributed by atoms with Crippen molar-refractivity contribution in [1.29, 1.82) is 0 Å². The first kappa shape index (κ1) is 9.01. The number of aliphatic hydroxyl groups excluding tert-OH is 1. The van der Waals surface area contributed by atoms with E-state index >= 15 is 0 Å². The molecule has 1 N–H and O–H groups in total. The fourth-order valence-corrected chi connectivity index (χ4v) is 1.71. The fraction of sp³-hybridized carbons (Fsp3) is 1.00. The average Bonchev–Trinajstić information content (AvgIpc) is 1.94. The molecule has 11 heavy (non-hydrogen) atoms. The molecule has 3 unspecified atom stereocenters. The maximum absolute atomic E-state index is 9.53. The van der Waals surface area contributed by atoms with Crippen molar-refractivity contribution in [2.45, 2.75) is 39.4 Å². The van der Waals surface area contributed by atoms with Gasteiger partial charge in [0.2, 0.25) is 0 Å². The van der Waals surface area contributed by atoms with Gasteiger partial charge in [0.1, 0.15) is 0 Å². The smallest absolute Gasteiger partial charge is 0.0805 e. The lowest BCUT2D eigenvalue weighted by atomic mass is 9.84. The molecule has 0 saturated carbocycles. The second-order valence-electron chi connectivity index (χ2n) is 3.85. The third-order valence-corrected chi connectivity index (χ3v) is 2.51. The van der Waals surface area contributed by atoms with E-state index in [0.717, 1.165) is 6.42 Å². The second kappa shape index (κ2) is 3.55. The summed E-state index contributed by atoms with van der Waals surface area (Å²) in [6.45, 7) is 6.91. The highest BCUT2D eigenvalue weighted by atomic mass is 16.5. The van der Waals surface area contributed by atoms with Gasteiger partial charge in [0.15, 0.2) is 0 Å². The molecule has 0 spiro atoms. The van der Waals surface area contributed by atoms with Crippen LogP contribution in [0.3, 0.4) is 0 Å². The Morgan fingerprint density at radius 3 is 2.55 bits per heavy atom. The molecule has 1 aliphatic heterocycles. The van der Waals surface area contributed by atoms with Crippen LogP contribution < -0.4 is 0 Å².